The summed E-state index contributed by atoms with van der Waals surface area (Å²) in [6.07, 6.45) is 2.12. The Hall–Kier alpha value is -1.61. The van der Waals surface area contributed by atoms with E-state index in [0.717, 1.165) is 0 Å². The van der Waals surface area contributed by atoms with Crippen LogP contribution >= 0.6 is 11.6 Å². The molecular weight excluding hydrogens is 240 g/mol. The number of rotatable bonds is 5. The van der Waals surface area contributed by atoms with E-state index < -0.39 is 5.24 Å². The van der Waals surface area contributed by atoms with Crippen LogP contribution in [0.15, 0.2) is 42.0 Å². The van der Waals surface area contributed by atoms with Crippen LogP contribution in [0.1, 0.15) is 23.7 Å². The van der Waals surface area contributed by atoms with Gasteiger partial charge in [-0.15, -0.1) is 0 Å². The molecule has 0 atom stereocenters. The van der Waals surface area contributed by atoms with E-state index in [1.165, 1.54) is 0 Å². The lowest BCUT2D eigenvalue weighted by Gasteiger charge is -2.02. The first-order valence-electron chi connectivity index (χ1n) is 5.20. The van der Waals surface area contributed by atoms with Gasteiger partial charge in [-0.2, -0.15) is 0 Å². The number of esters is 1. The first-order chi connectivity index (χ1) is 8.11. The van der Waals surface area contributed by atoms with Crippen molar-refractivity contribution in [1.82, 2.24) is 0 Å². The van der Waals surface area contributed by atoms with E-state index in [2.05, 4.69) is 0 Å². The lowest BCUT2D eigenvalue weighted by atomic mass is 10.2. The molecule has 0 heterocycles. The quantitative estimate of drug-likeness (QED) is 0.350. The van der Waals surface area contributed by atoms with Crippen LogP contribution in [0.3, 0.4) is 0 Å². The van der Waals surface area contributed by atoms with Crippen LogP contribution in [-0.4, -0.2) is 17.8 Å². The van der Waals surface area contributed by atoms with Gasteiger partial charge in [0.2, 0.25) is 5.24 Å². The van der Waals surface area contributed by atoms with Gasteiger partial charge in [-0.05, 0) is 30.7 Å². The Kier molecular flexibility index (Phi) is 5.43. The maximum Gasteiger partial charge on any atom is 0.338 e. The predicted molar refractivity (Wildman–Crippen MR) is 66.0 cm³/mol. The van der Waals surface area contributed by atoms with Crippen molar-refractivity contribution >= 4 is 22.8 Å². The first kappa shape index (κ1) is 13.5. The largest absolute Gasteiger partial charge is 0.462 e. The molecule has 0 aliphatic heterocycles. The van der Waals surface area contributed by atoms with E-state index in [4.69, 9.17) is 16.3 Å². The topological polar surface area (TPSA) is 43.4 Å². The van der Waals surface area contributed by atoms with Crippen molar-refractivity contribution in [3.05, 3.63) is 47.5 Å². The van der Waals surface area contributed by atoms with E-state index in [1.54, 1.807) is 37.3 Å². The van der Waals surface area contributed by atoms with Gasteiger partial charge >= 0.3 is 5.97 Å². The highest BCUT2D eigenvalue weighted by Crippen LogP contribution is 2.03. The molecule has 3 nitrogen and oxygen atoms in total. The molecule has 0 aliphatic rings. The average Bonchev–Trinajstić information content (AvgIpc) is 2.35. The van der Waals surface area contributed by atoms with Crippen LogP contribution in [0, 0.1) is 0 Å². The van der Waals surface area contributed by atoms with Crippen LogP contribution in [0.4, 0.5) is 0 Å². The summed E-state index contributed by atoms with van der Waals surface area (Å²) in [5, 5.41) is -0.487. The fourth-order valence-corrected chi connectivity index (χ4v) is 1.24. The minimum Gasteiger partial charge on any atom is -0.462 e. The smallest absolute Gasteiger partial charge is 0.338 e. The number of carbonyl (C=O) groups excluding carboxylic acids is 2. The van der Waals surface area contributed by atoms with Gasteiger partial charge in [0, 0.05) is 12.0 Å². The van der Waals surface area contributed by atoms with Gasteiger partial charge < -0.3 is 4.74 Å². The molecule has 0 fully saturated rings. The molecule has 0 amide bonds. The highest BCUT2D eigenvalue weighted by molar-refractivity contribution is 6.67. The summed E-state index contributed by atoms with van der Waals surface area (Å²) in [6.45, 7) is 1.85. The molecule has 17 heavy (non-hydrogen) atoms. The van der Waals surface area contributed by atoms with Gasteiger partial charge in [0.25, 0.3) is 0 Å². The Morgan fingerprint density at radius 2 is 1.94 bits per heavy atom. The molecule has 1 aromatic carbocycles. The van der Waals surface area contributed by atoms with Crippen LogP contribution in [-0.2, 0) is 9.53 Å². The molecule has 0 aromatic heterocycles. The Bertz CT molecular complexity index is 424. The van der Waals surface area contributed by atoms with Crippen molar-refractivity contribution in [1.29, 1.82) is 0 Å². The predicted octanol–water partition coefficient (Wildman–Crippen LogP) is 2.95. The Morgan fingerprint density at radius 3 is 2.53 bits per heavy atom. The third kappa shape index (κ3) is 4.83. The van der Waals surface area contributed by atoms with E-state index in [0.29, 0.717) is 17.6 Å². The lowest BCUT2D eigenvalue weighted by molar-refractivity contribution is -0.108. The average molecular weight is 253 g/mol. The minimum atomic E-state index is -0.487. The summed E-state index contributed by atoms with van der Waals surface area (Å²) in [5.41, 5.74) is 0.976. The highest BCUT2D eigenvalue weighted by atomic mass is 35.5. The lowest BCUT2D eigenvalue weighted by Crippen LogP contribution is -2.05. The Labute approximate surface area is 105 Å². The fraction of sp³-hybridized carbons (Fsp3) is 0.231. The van der Waals surface area contributed by atoms with Crippen molar-refractivity contribution in [3.63, 3.8) is 0 Å². The molecule has 0 unspecified atom stereocenters. The maximum atomic E-state index is 11.5. The standard InChI is InChI=1S/C13H13ClO3/c1-10(12(14)15)6-5-9-17-13(16)11-7-3-2-4-8-11/h2-4,6-8H,5,9H2,1H3/b10-6+. The molecule has 90 valence electrons. The van der Waals surface area contributed by atoms with Gasteiger partial charge in [-0.25, -0.2) is 4.79 Å². The van der Waals surface area contributed by atoms with Gasteiger partial charge in [-0.3, -0.25) is 4.79 Å². The number of hydrogen-bond acceptors (Lipinski definition) is 3. The molecule has 0 bridgehead atoms. The van der Waals surface area contributed by atoms with Crippen LogP contribution < -0.4 is 0 Å². The summed E-state index contributed by atoms with van der Waals surface area (Å²) in [5.74, 6) is -0.367. The third-order valence-electron chi connectivity index (χ3n) is 2.12. The fourth-order valence-electron chi connectivity index (χ4n) is 1.16. The summed E-state index contributed by atoms with van der Waals surface area (Å²) in [6, 6.07) is 8.74. The molecule has 1 rings (SSSR count). The Balaban J connectivity index is 2.35. The molecule has 0 saturated carbocycles. The Morgan fingerprint density at radius 1 is 1.29 bits per heavy atom. The normalized spacial score (nSPS) is 11.1. The number of hydrogen-bond donors (Lipinski definition) is 0. The second kappa shape index (κ2) is 6.86. The van der Waals surface area contributed by atoms with Crippen molar-refractivity contribution < 1.29 is 14.3 Å². The molecule has 0 aliphatic carbocycles. The van der Waals surface area contributed by atoms with E-state index >= 15 is 0 Å². The van der Waals surface area contributed by atoms with Crippen molar-refractivity contribution in [2.45, 2.75) is 13.3 Å². The zero-order valence-corrected chi connectivity index (χ0v) is 10.2. The molecule has 0 radical (unpaired) electrons. The number of carbonyl (C=O) groups is 2. The first-order valence-corrected chi connectivity index (χ1v) is 5.58. The minimum absolute atomic E-state index is 0.231. The number of benzene rings is 1. The van der Waals surface area contributed by atoms with Crippen molar-refractivity contribution in [2.24, 2.45) is 0 Å². The van der Waals surface area contributed by atoms with E-state index in [1.807, 2.05) is 6.07 Å². The maximum absolute atomic E-state index is 11.5. The SMILES string of the molecule is C/C(=C\CCOC(=O)c1ccccc1)C(=O)Cl. The van der Waals surface area contributed by atoms with E-state index in [9.17, 15) is 9.59 Å². The zero-order valence-electron chi connectivity index (χ0n) is 9.48. The molecule has 4 heteroatoms. The summed E-state index contributed by atoms with van der Waals surface area (Å²) >= 11 is 5.25. The number of allylic oxidation sites excluding steroid dienone is 1. The summed E-state index contributed by atoms with van der Waals surface area (Å²) < 4.78 is 5.02. The van der Waals surface area contributed by atoms with Crippen LogP contribution in [0.2, 0.25) is 0 Å². The molecular formula is C13H13ClO3. The van der Waals surface area contributed by atoms with Crippen molar-refractivity contribution in [3.8, 4) is 0 Å². The van der Waals surface area contributed by atoms with Gasteiger partial charge in [-0.1, -0.05) is 24.3 Å². The summed E-state index contributed by atoms with van der Waals surface area (Å²) in [7, 11) is 0. The zero-order chi connectivity index (χ0) is 12.7. The van der Waals surface area contributed by atoms with Crippen LogP contribution in [0.25, 0.3) is 0 Å². The molecule has 1 aromatic rings. The van der Waals surface area contributed by atoms with Gasteiger partial charge in [0.15, 0.2) is 0 Å². The van der Waals surface area contributed by atoms with Gasteiger partial charge in [0.1, 0.15) is 0 Å². The number of halogens is 1. The van der Waals surface area contributed by atoms with Crippen LogP contribution in [0.5, 0.6) is 0 Å². The molecule has 0 saturated heterocycles. The number of ether oxygens (including phenoxy) is 1. The monoisotopic (exact) mass is 252 g/mol. The third-order valence-corrected chi connectivity index (χ3v) is 2.42. The second-order valence-corrected chi connectivity index (χ2v) is 3.79. The van der Waals surface area contributed by atoms with Gasteiger partial charge in [0.05, 0.1) is 12.2 Å². The summed E-state index contributed by atoms with van der Waals surface area (Å²) in [4.78, 5) is 22.2. The van der Waals surface area contributed by atoms with Crippen molar-refractivity contribution in [2.75, 3.05) is 6.61 Å². The molecule has 0 N–H and O–H groups in total. The highest BCUT2D eigenvalue weighted by Gasteiger charge is 2.04. The second-order valence-electron chi connectivity index (χ2n) is 3.45. The van der Waals surface area contributed by atoms with E-state index in [-0.39, 0.29) is 12.6 Å². The molecule has 0 spiro atoms.